The van der Waals surface area contributed by atoms with Crippen LogP contribution >= 0.6 is 0 Å². The number of rotatable bonds is 9. The van der Waals surface area contributed by atoms with E-state index in [9.17, 15) is 9.59 Å². The van der Waals surface area contributed by atoms with E-state index in [2.05, 4.69) is 27.9 Å². The van der Waals surface area contributed by atoms with Gasteiger partial charge in [0, 0.05) is 12.3 Å². The van der Waals surface area contributed by atoms with Crippen LogP contribution in [0.3, 0.4) is 0 Å². The van der Waals surface area contributed by atoms with Gasteiger partial charge in [-0.05, 0) is 24.3 Å². The van der Waals surface area contributed by atoms with Gasteiger partial charge in [-0.3, -0.25) is 0 Å². The van der Waals surface area contributed by atoms with Gasteiger partial charge in [0.25, 0.3) is 0 Å². The minimum atomic E-state index is -0.689. The van der Waals surface area contributed by atoms with Crippen LogP contribution in [-0.2, 0) is 35.1 Å². The molecular weight excluding hydrogens is 340 g/mol. The van der Waals surface area contributed by atoms with Crippen molar-refractivity contribution in [1.29, 1.82) is 0 Å². The van der Waals surface area contributed by atoms with Crippen molar-refractivity contribution in [3.05, 3.63) is 42.2 Å². The Morgan fingerprint density at radius 3 is 2.38 bits per heavy atom. The Labute approximate surface area is 152 Å². The lowest BCUT2D eigenvalue weighted by atomic mass is 10.2. The van der Waals surface area contributed by atoms with E-state index in [4.69, 9.17) is 14.2 Å². The summed E-state index contributed by atoms with van der Waals surface area (Å²) < 4.78 is 25.1. The quantitative estimate of drug-likeness (QED) is 0.218. The van der Waals surface area contributed by atoms with E-state index >= 15 is 0 Å². The fourth-order valence-corrected chi connectivity index (χ4v) is 1.82. The molecule has 7 nitrogen and oxygen atoms in total. The van der Waals surface area contributed by atoms with E-state index in [1.807, 2.05) is 24.3 Å². The second-order valence-corrected chi connectivity index (χ2v) is 5.02. The van der Waals surface area contributed by atoms with E-state index in [1.165, 1.54) is 14.2 Å². The van der Waals surface area contributed by atoms with Crippen LogP contribution in [0.2, 0.25) is 0 Å². The zero-order chi connectivity index (χ0) is 19.4. The monoisotopic (exact) mass is 362 g/mol. The molecule has 0 radical (unpaired) electrons. The molecule has 0 aliphatic rings. The highest BCUT2D eigenvalue weighted by atomic mass is 16.6. The van der Waals surface area contributed by atoms with Crippen molar-refractivity contribution < 1.29 is 33.3 Å². The molecule has 0 saturated carbocycles. The molecule has 0 fully saturated rings. The van der Waals surface area contributed by atoms with Gasteiger partial charge in [0.05, 0.1) is 34.5 Å². The molecule has 0 aliphatic heterocycles. The second kappa shape index (κ2) is 11.6. The van der Waals surface area contributed by atoms with Crippen molar-refractivity contribution >= 4 is 11.9 Å². The summed E-state index contributed by atoms with van der Waals surface area (Å²) in [6.45, 7) is 3.97. The molecule has 1 atom stereocenters. The lowest BCUT2D eigenvalue weighted by Crippen LogP contribution is -2.22. The minimum absolute atomic E-state index is 0.137. The third-order valence-electron chi connectivity index (χ3n) is 3.16. The van der Waals surface area contributed by atoms with Gasteiger partial charge in [0.2, 0.25) is 0 Å². The molecule has 0 amide bonds. The summed E-state index contributed by atoms with van der Waals surface area (Å²) in [4.78, 5) is 22.5. The normalized spacial score (nSPS) is 10.7. The molecule has 0 spiro atoms. The van der Waals surface area contributed by atoms with E-state index < -0.39 is 18.0 Å². The zero-order valence-corrected chi connectivity index (χ0v) is 15.1. The highest BCUT2D eigenvalue weighted by molar-refractivity contribution is 5.88. The number of hydrogen-bond acceptors (Lipinski definition) is 7. The average Bonchev–Trinajstić information content (AvgIpc) is 2.67. The Morgan fingerprint density at radius 1 is 1.12 bits per heavy atom. The highest BCUT2D eigenvalue weighted by Gasteiger charge is 2.16. The van der Waals surface area contributed by atoms with Gasteiger partial charge in [0.1, 0.15) is 11.9 Å². The summed E-state index contributed by atoms with van der Waals surface area (Å²) in [5.41, 5.74) is 0.942. The number of methoxy groups -OCH3 is 3. The number of carbonyl (C=O) groups is 2. The zero-order valence-electron chi connectivity index (χ0n) is 15.1. The fraction of sp³-hybridized carbons (Fsp3) is 0.368. The number of ether oxygens (including phenoxy) is 5. The smallest absolute Gasteiger partial charge is 0.384 e. The first kappa shape index (κ1) is 21.1. The van der Waals surface area contributed by atoms with Crippen LogP contribution in [0.4, 0.5) is 0 Å². The van der Waals surface area contributed by atoms with Crippen LogP contribution in [0.15, 0.2) is 36.6 Å². The molecule has 1 aromatic carbocycles. The summed E-state index contributed by atoms with van der Waals surface area (Å²) in [5, 5.41) is 0. The van der Waals surface area contributed by atoms with Gasteiger partial charge < -0.3 is 23.7 Å². The number of benzene rings is 1. The van der Waals surface area contributed by atoms with Crippen LogP contribution in [0.1, 0.15) is 12.0 Å². The third kappa shape index (κ3) is 7.73. The van der Waals surface area contributed by atoms with E-state index in [0.29, 0.717) is 6.61 Å². The van der Waals surface area contributed by atoms with Crippen LogP contribution in [0.25, 0.3) is 0 Å². The van der Waals surface area contributed by atoms with E-state index in [0.717, 1.165) is 11.3 Å². The van der Waals surface area contributed by atoms with Gasteiger partial charge in [-0.1, -0.05) is 18.1 Å². The van der Waals surface area contributed by atoms with Crippen LogP contribution in [0.5, 0.6) is 5.75 Å². The van der Waals surface area contributed by atoms with Crippen molar-refractivity contribution in [3.63, 3.8) is 0 Å². The predicted octanol–water partition coefficient (Wildman–Crippen LogP) is 1.85. The summed E-state index contributed by atoms with van der Waals surface area (Å²) >= 11 is 0. The first-order valence-electron chi connectivity index (χ1n) is 7.71. The highest BCUT2D eigenvalue weighted by Crippen LogP contribution is 2.13. The summed E-state index contributed by atoms with van der Waals surface area (Å²) in [6, 6.07) is 7.40. The van der Waals surface area contributed by atoms with Gasteiger partial charge in [-0.2, -0.15) is 0 Å². The Kier molecular flexibility index (Phi) is 9.36. The maximum atomic E-state index is 11.4. The standard InChI is InChI=1S/C19H22O7/c1-14(19(21)24-4)26-17(6-5-7-18(20)23-3)13-25-12-15-8-10-16(22-2)11-9-15/h8-11,17H,1,6,12-13H2,2-4H3/t17-/m1/s1. The van der Waals surface area contributed by atoms with Gasteiger partial charge in [-0.15, -0.1) is 0 Å². The molecule has 0 aliphatic carbocycles. The largest absolute Gasteiger partial charge is 0.497 e. The SMILES string of the molecule is C=C(O[C@H](CC#CC(=O)OC)COCc1ccc(OC)cc1)C(=O)OC. The molecule has 1 rings (SSSR count). The summed E-state index contributed by atoms with van der Waals surface area (Å²) in [7, 11) is 4.06. The molecule has 0 saturated heterocycles. The van der Waals surface area contributed by atoms with E-state index in [1.54, 1.807) is 7.11 Å². The first-order valence-corrected chi connectivity index (χ1v) is 7.71. The maximum Gasteiger partial charge on any atom is 0.384 e. The lowest BCUT2D eigenvalue weighted by Gasteiger charge is -2.17. The van der Waals surface area contributed by atoms with Crippen LogP contribution < -0.4 is 4.74 Å². The third-order valence-corrected chi connectivity index (χ3v) is 3.16. The van der Waals surface area contributed by atoms with Crippen molar-refractivity contribution in [2.24, 2.45) is 0 Å². The molecule has 0 aromatic heterocycles. The fourth-order valence-electron chi connectivity index (χ4n) is 1.82. The van der Waals surface area contributed by atoms with Crippen molar-refractivity contribution in [2.75, 3.05) is 27.9 Å². The minimum Gasteiger partial charge on any atom is -0.497 e. The molecule has 0 N–H and O–H groups in total. The maximum absolute atomic E-state index is 11.4. The van der Waals surface area contributed by atoms with Crippen molar-refractivity contribution in [2.45, 2.75) is 19.1 Å². The Balaban J connectivity index is 2.61. The Bertz CT molecular complexity index is 667. The number of esters is 2. The predicted molar refractivity (Wildman–Crippen MR) is 93.1 cm³/mol. The molecular formula is C19H22O7. The van der Waals surface area contributed by atoms with Gasteiger partial charge in [-0.25, -0.2) is 9.59 Å². The first-order chi connectivity index (χ1) is 12.5. The number of hydrogen-bond donors (Lipinski definition) is 0. The van der Waals surface area contributed by atoms with Crippen molar-refractivity contribution in [3.8, 4) is 17.6 Å². The van der Waals surface area contributed by atoms with Crippen molar-refractivity contribution in [1.82, 2.24) is 0 Å². The number of carbonyl (C=O) groups excluding carboxylic acids is 2. The van der Waals surface area contributed by atoms with Gasteiger partial charge in [0.15, 0.2) is 5.76 Å². The van der Waals surface area contributed by atoms with Gasteiger partial charge >= 0.3 is 11.9 Å². The molecule has 0 heterocycles. The average molecular weight is 362 g/mol. The lowest BCUT2D eigenvalue weighted by molar-refractivity contribution is -0.142. The van der Waals surface area contributed by atoms with Crippen LogP contribution in [-0.4, -0.2) is 46.0 Å². The second-order valence-electron chi connectivity index (χ2n) is 5.02. The van der Waals surface area contributed by atoms with E-state index in [-0.39, 0.29) is 18.8 Å². The molecule has 26 heavy (non-hydrogen) atoms. The summed E-state index contributed by atoms with van der Waals surface area (Å²) in [6.07, 6.45) is -0.453. The topological polar surface area (TPSA) is 80.3 Å². The Hall–Kier alpha value is -2.98. The molecule has 1 aromatic rings. The Morgan fingerprint density at radius 2 is 1.81 bits per heavy atom. The molecule has 0 unspecified atom stereocenters. The van der Waals surface area contributed by atoms with Crippen LogP contribution in [0, 0.1) is 11.8 Å². The molecule has 7 heteroatoms. The molecule has 140 valence electrons. The molecule has 0 bridgehead atoms. The summed E-state index contributed by atoms with van der Waals surface area (Å²) in [5.74, 6) is 4.16.